The number of benzene rings is 2. The SMILES string of the molecule is Cc1ccc(Nc2nc(-c3ccc(F)cc3)c(CC(=O)O)s2)cc1Cl. The topological polar surface area (TPSA) is 62.2 Å². The zero-order valence-electron chi connectivity index (χ0n) is 13.2. The Morgan fingerprint density at radius 3 is 2.64 bits per heavy atom. The molecule has 0 aliphatic carbocycles. The van der Waals surface area contributed by atoms with Gasteiger partial charge in [0, 0.05) is 21.2 Å². The van der Waals surface area contributed by atoms with Crippen LogP contribution >= 0.6 is 22.9 Å². The van der Waals surface area contributed by atoms with E-state index in [9.17, 15) is 9.18 Å². The molecule has 7 heteroatoms. The van der Waals surface area contributed by atoms with Gasteiger partial charge in [-0.2, -0.15) is 0 Å². The van der Waals surface area contributed by atoms with E-state index in [-0.39, 0.29) is 12.2 Å². The van der Waals surface area contributed by atoms with Crippen LogP contribution in [-0.4, -0.2) is 16.1 Å². The number of thiazole rings is 1. The normalized spacial score (nSPS) is 10.7. The molecule has 0 radical (unpaired) electrons. The van der Waals surface area contributed by atoms with E-state index in [4.69, 9.17) is 16.7 Å². The molecule has 0 fully saturated rings. The number of carboxylic acids is 1. The highest BCUT2D eigenvalue weighted by atomic mass is 35.5. The molecule has 4 nitrogen and oxygen atoms in total. The van der Waals surface area contributed by atoms with Crippen molar-refractivity contribution in [3.05, 3.63) is 63.7 Å². The number of rotatable bonds is 5. The zero-order valence-corrected chi connectivity index (χ0v) is 14.8. The third-order valence-electron chi connectivity index (χ3n) is 3.55. The van der Waals surface area contributed by atoms with E-state index in [1.165, 1.54) is 23.5 Å². The van der Waals surface area contributed by atoms with Crippen LogP contribution in [0.1, 0.15) is 10.4 Å². The van der Waals surface area contributed by atoms with Gasteiger partial charge < -0.3 is 10.4 Å². The van der Waals surface area contributed by atoms with Gasteiger partial charge in [-0.05, 0) is 48.9 Å². The van der Waals surface area contributed by atoms with Crippen LogP contribution in [0.3, 0.4) is 0 Å². The molecule has 1 heterocycles. The number of anilines is 2. The number of halogens is 2. The summed E-state index contributed by atoms with van der Waals surface area (Å²) in [4.78, 5) is 16.2. The minimum Gasteiger partial charge on any atom is -0.481 e. The van der Waals surface area contributed by atoms with Crippen molar-refractivity contribution in [2.75, 3.05) is 5.32 Å². The Kier molecular flexibility index (Phi) is 5.01. The molecule has 0 saturated carbocycles. The summed E-state index contributed by atoms with van der Waals surface area (Å²) in [6, 6.07) is 11.4. The lowest BCUT2D eigenvalue weighted by Crippen LogP contribution is -1.99. The molecule has 25 heavy (non-hydrogen) atoms. The molecule has 128 valence electrons. The quantitative estimate of drug-likeness (QED) is 0.635. The van der Waals surface area contributed by atoms with E-state index in [0.717, 1.165) is 11.3 Å². The second-order valence-electron chi connectivity index (χ2n) is 5.46. The molecule has 0 aliphatic rings. The predicted molar refractivity (Wildman–Crippen MR) is 98.3 cm³/mol. The number of aliphatic carboxylic acids is 1. The zero-order chi connectivity index (χ0) is 18.0. The number of carbonyl (C=O) groups is 1. The highest BCUT2D eigenvalue weighted by Gasteiger charge is 2.16. The van der Waals surface area contributed by atoms with Gasteiger partial charge in [0.05, 0.1) is 12.1 Å². The van der Waals surface area contributed by atoms with Crippen LogP contribution in [0.25, 0.3) is 11.3 Å². The molecule has 3 aromatic rings. The molecule has 2 aromatic carbocycles. The highest BCUT2D eigenvalue weighted by Crippen LogP contribution is 2.34. The van der Waals surface area contributed by atoms with Crippen LogP contribution in [0.4, 0.5) is 15.2 Å². The number of nitrogens with one attached hydrogen (secondary N) is 1. The first-order valence-corrected chi connectivity index (χ1v) is 8.62. The fraction of sp³-hybridized carbons (Fsp3) is 0.111. The van der Waals surface area contributed by atoms with Crippen molar-refractivity contribution in [2.24, 2.45) is 0 Å². The van der Waals surface area contributed by atoms with Gasteiger partial charge in [-0.15, -0.1) is 11.3 Å². The van der Waals surface area contributed by atoms with E-state index in [0.29, 0.717) is 26.3 Å². The molecule has 2 N–H and O–H groups in total. The smallest absolute Gasteiger partial charge is 0.308 e. The standard InChI is InChI=1S/C18H14ClFN2O2S/c1-10-2-7-13(8-14(10)19)21-18-22-17(15(25-18)9-16(23)24)11-3-5-12(20)6-4-11/h2-8H,9H2,1H3,(H,21,22)(H,23,24). The van der Waals surface area contributed by atoms with Gasteiger partial charge in [-0.1, -0.05) is 17.7 Å². The van der Waals surface area contributed by atoms with Gasteiger partial charge >= 0.3 is 5.97 Å². The lowest BCUT2D eigenvalue weighted by atomic mass is 10.1. The molecule has 0 aliphatic heterocycles. The Morgan fingerprint density at radius 2 is 2.00 bits per heavy atom. The van der Waals surface area contributed by atoms with E-state index in [1.54, 1.807) is 18.2 Å². The van der Waals surface area contributed by atoms with Crippen LogP contribution in [-0.2, 0) is 11.2 Å². The summed E-state index contributed by atoms with van der Waals surface area (Å²) < 4.78 is 13.1. The molecule has 0 spiro atoms. The first-order chi connectivity index (χ1) is 11.9. The maximum absolute atomic E-state index is 13.1. The maximum atomic E-state index is 13.1. The number of aryl methyl sites for hydroxylation is 1. The predicted octanol–water partition coefficient (Wildman–Crippen LogP) is 5.28. The van der Waals surface area contributed by atoms with Crippen LogP contribution in [0.2, 0.25) is 5.02 Å². The first-order valence-electron chi connectivity index (χ1n) is 7.43. The van der Waals surface area contributed by atoms with Crippen LogP contribution < -0.4 is 5.32 Å². The van der Waals surface area contributed by atoms with E-state index in [1.807, 2.05) is 19.1 Å². The minimum atomic E-state index is -0.947. The Bertz CT molecular complexity index is 925. The Morgan fingerprint density at radius 1 is 1.28 bits per heavy atom. The first kappa shape index (κ1) is 17.4. The largest absolute Gasteiger partial charge is 0.481 e. The average Bonchev–Trinajstić information content (AvgIpc) is 2.93. The van der Waals surface area contributed by atoms with Crippen molar-refractivity contribution in [3.8, 4) is 11.3 Å². The number of carboxylic acid groups (broad SMARTS) is 1. The summed E-state index contributed by atoms with van der Waals surface area (Å²) in [7, 11) is 0. The molecular weight excluding hydrogens is 363 g/mol. The second-order valence-corrected chi connectivity index (χ2v) is 6.95. The summed E-state index contributed by atoms with van der Waals surface area (Å²) in [6.07, 6.45) is -0.152. The molecule has 0 atom stereocenters. The third kappa shape index (κ3) is 4.15. The average molecular weight is 377 g/mol. The van der Waals surface area contributed by atoms with Crippen molar-refractivity contribution >= 4 is 39.7 Å². The maximum Gasteiger partial charge on any atom is 0.308 e. The van der Waals surface area contributed by atoms with Crippen molar-refractivity contribution in [1.82, 2.24) is 4.98 Å². The number of hydrogen-bond donors (Lipinski definition) is 2. The van der Waals surface area contributed by atoms with Crippen LogP contribution in [0.5, 0.6) is 0 Å². The van der Waals surface area contributed by atoms with E-state index >= 15 is 0 Å². The van der Waals surface area contributed by atoms with Crippen molar-refractivity contribution in [1.29, 1.82) is 0 Å². The second kappa shape index (κ2) is 7.21. The van der Waals surface area contributed by atoms with Gasteiger partial charge in [-0.3, -0.25) is 4.79 Å². The third-order valence-corrected chi connectivity index (χ3v) is 4.93. The fourth-order valence-electron chi connectivity index (χ4n) is 2.29. The van der Waals surface area contributed by atoms with Gasteiger partial charge in [-0.25, -0.2) is 9.37 Å². The van der Waals surface area contributed by atoms with Crippen molar-refractivity contribution in [3.63, 3.8) is 0 Å². The van der Waals surface area contributed by atoms with Gasteiger partial charge in [0.15, 0.2) is 5.13 Å². The van der Waals surface area contributed by atoms with E-state index in [2.05, 4.69) is 10.3 Å². The summed E-state index contributed by atoms with van der Waals surface area (Å²) in [5.74, 6) is -1.30. The van der Waals surface area contributed by atoms with Crippen LogP contribution in [0.15, 0.2) is 42.5 Å². The molecule has 3 rings (SSSR count). The number of aromatic nitrogens is 1. The molecule has 0 saturated heterocycles. The highest BCUT2D eigenvalue weighted by molar-refractivity contribution is 7.16. The monoisotopic (exact) mass is 376 g/mol. The molecule has 0 bridgehead atoms. The van der Waals surface area contributed by atoms with Crippen molar-refractivity contribution in [2.45, 2.75) is 13.3 Å². The summed E-state index contributed by atoms with van der Waals surface area (Å²) in [5.41, 5.74) is 2.93. The van der Waals surface area contributed by atoms with Gasteiger partial charge in [0.1, 0.15) is 5.82 Å². The number of nitrogens with zero attached hydrogens (tertiary/aromatic N) is 1. The summed E-state index contributed by atoms with van der Waals surface area (Å²) in [6.45, 7) is 1.91. The molecule has 0 unspecified atom stereocenters. The lowest BCUT2D eigenvalue weighted by molar-refractivity contribution is -0.136. The van der Waals surface area contributed by atoms with Crippen LogP contribution in [0, 0.1) is 12.7 Å². The fourth-order valence-corrected chi connectivity index (χ4v) is 3.47. The molecule has 0 amide bonds. The van der Waals surface area contributed by atoms with E-state index < -0.39 is 5.97 Å². The molecule has 1 aromatic heterocycles. The Balaban J connectivity index is 1.96. The lowest BCUT2D eigenvalue weighted by Gasteiger charge is -2.04. The summed E-state index contributed by atoms with van der Waals surface area (Å²) >= 11 is 7.38. The van der Waals surface area contributed by atoms with Crippen molar-refractivity contribution < 1.29 is 14.3 Å². The summed E-state index contributed by atoms with van der Waals surface area (Å²) in [5, 5.41) is 13.5. The Hall–Kier alpha value is -2.44. The van der Waals surface area contributed by atoms with Gasteiger partial charge in [0.2, 0.25) is 0 Å². The number of hydrogen-bond acceptors (Lipinski definition) is 4. The minimum absolute atomic E-state index is 0.152. The van der Waals surface area contributed by atoms with Gasteiger partial charge in [0.25, 0.3) is 0 Å². The Labute approximate surface area is 152 Å². The molecular formula is C18H14ClFN2O2S.